The van der Waals surface area contributed by atoms with E-state index in [-0.39, 0.29) is 22.8 Å². The summed E-state index contributed by atoms with van der Waals surface area (Å²) in [5.74, 6) is -0.0983. The van der Waals surface area contributed by atoms with E-state index in [2.05, 4.69) is 5.32 Å². The minimum Gasteiger partial charge on any atom is -0.325 e. The number of carbonyl (C=O) groups is 1. The molecule has 0 radical (unpaired) electrons. The van der Waals surface area contributed by atoms with Gasteiger partial charge in [0.1, 0.15) is 0 Å². The summed E-state index contributed by atoms with van der Waals surface area (Å²) >= 11 is 1.36. The molecule has 1 amide bonds. The maximum absolute atomic E-state index is 13.3. The average Bonchev–Trinajstić information content (AvgIpc) is 2.75. The van der Waals surface area contributed by atoms with E-state index < -0.39 is 0 Å². The van der Waals surface area contributed by atoms with Crippen LogP contribution in [0.25, 0.3) is 10.9 Å². The summed E-state index contributed by atoms with van der Waals surface area (Å²) in [7, 11) is 0. The second kappa shape index (κ2) is 8.82. The molecular weight excluding hydrogens is 382 g/mol. The van der Waals surface area contributed by atoms with Crippen LogP contribution in [0, 0.1) is 0 Å². The average molecular weight is 408 g/mol. The molecular formula is C23H25N3O2S. The van der Waals surface area contributed by atoms with E-state index >= 15 is 0 Å². The van der Waals surface area contributed by atoms with E-state index in [0.29, 0.717) is 16.1 Å². The highest BCUT2D eigenvalue weighted by Gasteiger charge is 2.24. The number of nitrogens with one attached hydrogen (secondary N) is 1. The van der Waals surface area contributed by atoms with E-state index in [4.69, 9.17) is 4.98 Å². The predicted octanol–water partition coefficient (Wildman–Crippen LogP) is 5.02. The van der Waals surface area contributed by atoms with Gasteiger partial charge in [-0.2, -0.15) is 0 Å². The molecule has 5 nitrogen and oxygen atoms in total. The fourth-order valence-electron chi connectivity index (χ4n) is 3.85. The number of thioether (sulfide) groups is 1. The van der Waals surface area contributed by atoms with Gasteiger partial charge in [0.05, 0.1) is 16.2 Å². The molecule has 3 aromatic rings. The Morgan fingerprint density at radius 2 is 1.76 bits per heavy atom. The fraction of sp³-hybridized carbons (Fsp3) is 0.348. The summed E-state index contributed by atoms with van der Waals surface area (Å²) < 4.78 is 1.85. The number of anilines is 1. The summed E-state index contributed by atoms with van der Waals surface area (Å²) in [5.41, 5.74) is 1.45. The molecule has 0 spiro atoms. The van der Waals surface area contributed by atoms with Gasteiger partial charge in [-0.1, -0.05) is 61.4 Å². The first-order chi connectivity index (χ1) is 14.1. The van der Waals surface area contributed by atoms with Crippen LogP contribution in [0.15, 0.2) is 64.5 Å². The number of fused-ring (bicyclic) bond motifs is 1. The van der Waals surface area contributed by atoms with Crippen LogP contribution in [0.1, 0.15) is 45.1 Å². The van der Waals surface area contributed by atoms with Gasteiger partial charge >= 0.3 is 0 Å². The van der Waals surface area contributed by atoms with E-state index in [1.165, 1.54) is 18.2 Å². The van der Waals surface area contributed by atoms with Crippen molar-refractivity contribution < 1.29 is 4.79 Å². The van der Waals surface area contributed by atoms with Crippen LogP contribution in [0.5, 0.6) is 0 Å². The van der Waals surface area contributed by atoms with E-state index in [0.717, 1.165) is 31.4 Å². The minimum absolute atomic E-state index is 0.000618. The Balaban J connectivity index is 1.66. The molecule has 1 aromatic heterocycles. The standard InChI is InChI=1S/C23H25N3O2S/c1-16(21(27)24-17-10-4-2-5-11-17)29-23-25-20-15-9-8-14-19(20)22(28)26(23)18-12-6-3-7-13-18/h2,4-5,8-11,14-16,18H,3,6-7,12-13H2,1H3,(H,24,27)/t16-/m1/s1. The van der Waals surface area contributed by atoms with Crippen molar-refractivity contribution in [3.63, 3.8) is 0 Å². The monoisotopic (exact) mass is 407 g/mol. The molecule has 6 heteroatoms. The summed E-state index contributed by atoms with van der Waals surface area (Å²) in [6.45, 7) is 1.86. The number of hydrogen-bond donors (Lipinski definition) is 1. The molecule has 1 N–H and O–H groups in total. The molecule has 1 saturated carbocycles. The first kappa shape index (κ1) is 19.7. The van der Waals surface area contributed by atoms with Gasteiger partial charge < -0.3 is 5.32 Å². The summed E-state index contributed by atoms with van der Waals surface area (Å²) in [5, 5.41) is 3.84. The number of hydrogen-bond acceptors (Lipinski definition) is 4. The van der Waals surface area contributed by atoms with Gasteiger partial charge in [0.15, 0.2) is 5.16 Å². The van der Waals surface area contributed by atoms with Crippen molar-refractivity contribution in [1.82, 2.24) is 9.55 Å². The zero-order valence-electron chi connectivity index (χ0n) is 16.5. The molecule has 2 aromatic carbocycles. The molecule has 0 saturated heterocycles. The summed E-state index contributed by atoms with van der Waals surface area (Å²) in [6, 6.07) is 17.0. The number of carbonyl (C=O) groups excluding carboxylic acids is 1. The van der Waals surface area contributed by atoms with Crippen molar-refractivity contribution in [2.24, 2.45) is 0 Å². The minimum atomic E-state index is -0.377. The molecule has 1 aliphatic carbocycles. The highest BCUT2D eigenvalue weighted by Crippen LogP contribution is 2.32. The normalized spacial score (nSPS) is 15.9. The van der Waals surface area contributed by atoms with Gasteiger partial charge in [0, 0.05) is 11.7 Å². The Kier molecular flexibility index (Phi) is 6.00. The SMILES string of the molecule is C[C@@H](Sc1nc2ccccc2c(=O)n1C1CCCCC1)C(=O)Nc1ccccc1. The number of aromatic nitrogens is 2. The molecule has 0 unspecified atom stereocenters. The van der Waals surface area contributed by atoms with E-state index in [1.54, 1.807) is 0 Å². The number of nitrogens with zero attached hydrogens (tertiary/aromatic N) is 2. The van der Waals surface area contributed by atoms with Crippen molar-refractivity contribution in [2.75, 3.05) is 5.32 Å². The predicted molar refractivity (Wildman–Crippen MR) is 119 cm³/mol. The number of amides is 1. The molecule has 1 fully saturated rings. The molecule has 0 bridgehead atoms. The molecule has 1 heterocycles. The van der Waals surface area contributed by atoms with Crippen LogP contribution >= 0.6 is 11.8 Å². The Morgan fingerprint density at radius 3 is 2.52 bits per heavy atom. The third-order valence-electron chi connectivity index (χ3n) is 5.41. The van der Waals surface area contributed by atoms with Gasteiger partial charge in [-0.15, -0.1) is 0 Å². The van der Waals surface area contributed by atoms with Crippen molar-refractivity contribution >= 4 is 34.3 Å². The maximum atomic E-state index is 13.3. The topological polar surface area (TPSA) is 64.0 Å². The largest absolute Gasteiger partial charge is 0.325 e. The highest BCUT2D eigenvalue weighted by atomic mass is 32.2. The van der Waals surface area contributed by atoms with Crippen LogP contribution in [0.2, 0.25) is 0 Å². The smallest absolute Gasteiger partial charge is 0.262 e. The molecule has 0 aliphatic heterocycles. The lowest BCUT2D eigenvalue weighted by molar-refractivity contribution is -0.115. The van der Waals surface area contributed by atoms with Gasteiger partial charge in [-0.25, -0.2) is 4.98 Å². The number of benzene rings is 2. The van der Waals surface area contributed by atoms with Crippen molar-refractivity contribution in [3.05, 3.63) is 65.0 Å². The lowest BCUT2D eigenvalue weighted by atomic mass is 9.95. The Labute approximate surface area is 174 Å². The zero-order chi connectivity index (χ0) is 20.2. The van der Waals surface area contributed by atoms with Crippen molar-refractivity contribution in [1.29, 1.82) is 0 Å². The first-order valence-electron chi connectivity index (χ1n) is 10.2. The van der Waals surface area contributed by atoms with E-state index in [9.17, 15) is 9.59 Å². The van der Waals surface area contributed by atoms with Crippen molar-refractivity contribution in [3.8, 4) is 0 Å². The van der Waals surface area contributed by atoms with Crippen LogP contribution in [-0.2, 0) is 4.79 Å². The molecule has 1 aliphatic rings. The third kappa shape index (κ3) is 4.37. The van der Waals surface area contributed by atoms with Gasteiger partial charge in [0.25, 0.3) is 5.56 Å². The summed E-state index contributed by atoms with van der Waals surface area (Å²) in [4.78, 5) is 30.8. The zero-order valence-corrected chi connectivity index (χ0v) is 17.3. The second-order valence-corrected chi connectivity index (χ2v) is 8.80. The van der Waals surface area contributed by atoms with Gasteiger partial charge in [0.2, 0.25) is 5.91 Å². The van der Waals surface area contributed by atoms with Crippen molar-refractivity contribution in [2.45, 2.75) is 55.5 Å². The van der Waals surface area contributed by atoms with Crippen LogP contribution in [0.4, 0.5) is 5.69 Å². The van der Waals surface area contributed by atoms with Crippen LogP contribution in [0.3, 0.4) is 0 Å². The highest BCUT2D eigenvalue weighted by molar-refractivity contribution is 8.00. The summed E-state index contributed by atoms with van der Waals surface area (Å²) in [6.07, 6.45) is 5.43. The Hall–Kier alpha value is -2.60. The third-order valence-corrected chi connectivity index (χ3v) is 6.47. The molecule has 4 rings (SSSR count). The van der Waals surface area contributed by atoms with Crippen LogP contribution in [-0.4, -0.2) is 20.7 Å². The van der Waals surface area contributed by atoms with Gasteiger partial charge in [-0.05, 0) is 44.0 Å². The molecule has 29 heavy (non-hydrogen) atoms. The lowest BCUT2D eigenvalue weighted by Crippen LogP contribution is -2.30. The second-order valence-electron chi connectivity index (χ2n) is 7.49. The quantitative estimate of drug-likeness (QED) is 0.476. The number of rotatable bonds is 5. The maximum Gasteiger partial charge on any atom is 0.262 e. The van der Waals surface area contributed by atoms with E-state index in [1.807, 2.05) is 66.1 Å². The lowest BCUT2D eigenvalue weighted by Gasteiger charge is -2.26. The van der Waals surface area contributed by atoms with Gasteiger partial charge in [-0.3, -0.25) is 14.2 Å². The number of para-hydroxylation sites is 2. The van der Waals surface area contributed by atoms with Crippen LogP contribution < -0.4 is 10.9 Å². The molecule has 1 atom stereocenters. The molecule has 150 valence electrons. The first-order valence-corrected chi connectivity index (χ1v) is 11.1. The Morgan fingerprint density at radius 1 is 1.07 bits per heavy atom. The fourth-order valence-corrected chi connectivity index (χ4v) is 4.83. The Bertz CT molecular complexity index is 1060.